The van der Waals surface area contributed by atoms with Crippen molar-refractivity contribution in [1.82, 2.24) is 0 Å². The molecule has 0 bridgehead atoms. The van der Waals surface area contributed by atoms with E-state index < -0.39 is 0 Å². The van der Waals surface area contributed by atoms with Crippen molar-refractivity contribution in [1.29, 1.82) is 0 Å². The molecule has 0 radical (unpaired) electrons. The van der Waals surface area contributed by atoms with Crippen LogP contribution in [0.25, 0.3) is 0 Å². The van der Waals surface area contributed by atoms with Crippen LogP contribution in [0.5, 0.6) is 0 Å². The van der Waals surface area contributed by atoms with Gasteiger partial charge in [-0.2, -0.15) is 5.10 Å². The van der Waals surface area contributed by atoms with E-state index in [-0.39, 0.29) is 0 Å². The molecular weight excluding hydrogens is 136 g/mol. The first-order valence-electron chi connectivity index (χ1n) is 3.85. The van der Waals surface area contributed by atoms with Gasteiger partial charge in [-0.25, -0.2) is 0 Å². The second-order valence-electron chi connectivity index (χ2n) is 2.72. The first-order chi connectivity index (χ1) is 5.33. The van der Waals surface area contributed by atoms with Crippen molar-refractivity contribution in [2.24, 2.45) is 16.1 Å². The van der Waals surface area contributed by atoms with E-state index >= 15 is 0 Å². The molecule has 0 aromatic rings. The van der Waals surface area contributed by atoms with Gasteiger partial charge in [0.15, 0.2) is 0 Å². The van der Waals surface area contributed by atoms with Crippen molar-refractivity contribution in [3.05, 3.63) is 0 Å². The minimum Gasteiger partial charge on any atom is -0.166 e. The second kappa shape index (κ2) is 3.92. The van der Waals surface area contributed by atoms with Crippen LogP contribution in [0, 0.1) is 17.8 Å². The molecule has 2 heteroatoms. The van der Waals surface area contributed by atoms with Crippen molar-refractivity contribution in [2.75, 3.05) is 0 Å². The van der Waals surface area contributed by atoms with Gasteiger partial charge >= 0.3 is 0 Å². The Morgan fingerprint density at radius 1 is 1.55 bits per heavy atom. The van der Waals surface area contributed by atoms with E-state index in [1.54, 1.807) is 0 Å². The van der Waals surface area contributed by atoms with Crippen LogP contribution in [0.2, 0.25) is 0 Å². The lowest BCUT2D eigenvalue weighted by Crippen LogP contribution is -2.07. The molecule has 11 heavy (non-hydrogen) atoms. The average molecular weight is 148 g/mol. The van der Waals surface area contributed by atoms with E-state index in [4.69, 9.17) is 0 Å². The zero-order valence-electron chi connectivity index (χ0n) is 6.80. The Morgan fingerprint density at radius 3 is 2.73 bits per heavy atom. The highest BCUT2D eigenvalue weighted by molar-refractivity contribution is 5.98. The SMILES string of the molecule is C=N/N=C(\C)C#CC1CCC1. The van der Waals surface area contributed by atoms with Gasteiger partial charge in [0, 0.05) is 12.6 Å². The van der Waals surface area contributed by atoms with Crippen molar-refractivity contribution < 1.29 is 0 Å². The van der Waals surface area contributed by atoms with Crippen LogP contribution in [0.15, 0.2) is 10.2 Å². The van der Waals surface area contributed by atoms with E-state index in [1.807, 2.05) is 6.92 Å². The molecule has 1 aliphatic carbocycles. The van der Waals surface area contributed by atoms with Crippen molar-refractivity contribution in [2.45, 2.75) is 26.2 Å². The number of hydrogen-bond donors (Lipinski definition) is 0. The first-order valence-corrected chi connectivity index (χ1v) is 3.85. The molecule has 2 nitrogen and oxygen atoms in total. The normalized spacial score (nSPS) is 18.1. The first kappa shape index (κ1) is 8.00. The molecule has 1 saturated carbocycles. The van der Waals surface area contributed by atoms with Crippen LogP contribution in [-0.4, -0.2) is 12.4 Å². The highest BCUT2D eigenvalue weighted by Gasteiger charge is 2.13. The summed E-state index contributed by atoms with van der Waals surface area (Å²) < 4.78 is 0. The van der Waals surface area contributed by atoms with Gasteiger partial charge in [-0.15, -0.1) is 5.10 Å². The molecule has 0 saturated heterocycles. The highest BCUT2D eigenvalue weighted by Crippen LogP contribution is 2.24. The van der Waals surface area contributed by atoms with Crippen molar-refractivity contribution in [3.8, 4) is 11.8 Å². The van der Waals surface area contributed by atoms with E-state index in [2.05, 4.69) is 28.8 Å². The smallest absolute Gasteiger partial charge is 0.109 e. The Bertz CT molecular complexity index is 226. The van der Waals surface area contributed by atoms with Crippen LogP contribution in [0.3, 0.4) is 0 Å². The third kappa shape index (κ3) is 2.55. The van der Waals surface area contributed by atoms with E-state index in [0.717, 1.165) is 5.71 Å². The molecule has 0 N–H and O–H groups in total. The van der Waals surface area contributed by atoms with Crippen molar-refractivity contribution in [3.63, 3.8) is 0 Å². The average Bonchev–Trinajstić information content (AvgIpc) is 1.85. The third-order valence-corrected chi connectivity index (χ3v) is 1.78. The van der Waals surface area contributed by atoms with Gasteiger partial charge in [0.05, 0.1) is 0 Å². The minimum atomic E-state index is 0.616. The summed E-state index contributed by atoms with van der Waals surface area (Å²) >= 11 is 0. The van der Waals surface area contributed by atoms with Crippen LogP contribution >= 0.6 is 0 Å². The number of hydrogen-bond acceptors (Lipinski definition) is 2. The molecule has 1 fully saturated rings. The van der Waals surface area contributed by atoms with Gasteiger partial charge in [-0.1, -0.05) is 12.3 Å². The molecule has 0 aromatic heterocycles. The summed E-state index contributed by atoms with van der Waals surface area (Å²) in [4.78, 5) is 0. The lowest BCUT2D eigenvalue weighted by molar-refractivity contribution is 0.402. The molecule has 0 spiro atoms. The molecule has 1 aliphatic rings. The lowest BCUT2D eigenvalue weighted by Gasteiger charge is -2.18. The fourth-order valence-corrected chi connectivity index (χ4v) is 0.890. The maximum absolute atomic E-state index is 3.71. The molecule has 0 aromatic carbocycles. The molecule has 58 valence electrons. The van der Waals surface area contributed by atoms with E-state index in [1.165, 1.54) is 19.3 Å². The summed E-state index contributed by atoms with van der Waals surface area (Å²) in [6.45, 7) is 5.10. The zero-order chi connectivity index (χ0) is 8.10. The molecule has 0 amide bonds. The summed E-state index contributed by atoms with van der Waals surface area (Å²) in [7, 11) is 0. The fraction of sp³-hybridized carbons (Fsp3) is 0.556. The van der Waals surface area contributed by atoms with Crippen LogP contribution in [-0.2, 0) is 0 Å². The predicted molar refractivity (Wildman–Crippen MR) is 47.8 cm³/mol. The highest BCUT2D eigenvalue weighted by atomic mass is 15.2. The Kier molecular flexibility index (Phi) is 2.85. The zero-order valence-corrected chi connectivity index (χ0v) is 6.80. The third-order valence-electron chi connectivity index (χ3n) is 1.78. The molecule has 0 unspecified atom stereocenters. The monoisotopic (exact) mass is 148 g/mol. The Balaban J connectivity index is 2.41. The lowest BCUT2D eigenvalue weighted by atomic mass is 9.86. The minimum absolute atomic E-state index is 0.616. The topological polar surface area (TPSA) is 24.7 Å². The molecular formula is C9H12N2. The largest absolute Gasteiger partial charge is 0.166 e. The Labute approximate surface area is 67.4 Å². The second-order valence-corrected chi connectivity index (χ2v) is 2.72. The maximum Gasteiger partial charge on any atom is 0.109 e. The Morgan fingerprint density at radius 2 is 2.27 bits per heavy atom. The van der Waals surface area contributed by atoms with Crippen LogP contribution in [0.4, 0.5) is 0 Å². The molecule has 0 atom stereocenters. The summed E-state index contributed by atoms with van der Waals surface area (Å²) in [6.07, 6.45) is 3.83. The van der Waals surface area contributed by atoms with Gasteiger partial charge in [-0.3, -0.25) is 0 Å². The van der Waals surface area contributed by atoms with Crippen LogP contribution < -0.4 is 0 Å². The maximum atomic E-state index is 3.71. The van der Waals surface area contributed by atoms with Crippen molar-refractivity contribution >= 4 is 12.4 Å². The van der Waals surface area contributed by atoms with Gasteiger partial charge in [-0.05, 0) is 25.7 Å². The number of nitrogens with zero attached hydrogens (tertiary/aromatic N) is 2. The quantitative estimate of drug-likeness (QED) is 0.308. The van der Waals surface area contributed by atoms with E-state index in [0.29, 0.717) is 5.92 Å². The Hall–Kier alpha value is -1.10. The van der Waals surface area contributed by atoms with Gasteiger partial charge in [0.2, 0.25) is 0 Å². The summed E-state index contributed by atoms with van der Waals surface area (Å²) in [6, 6.07) is 0. The van der Waals surface area contributed by atoms with Crippen LogP contribution in [0.1, 0.15) is 26.2 Å². The summed E-state index contributed by atoms with van der Waals surface area (Å²) in [5, 5.41) is 7.10. The standard InChI is InChI=1S/C9H12N2/c1-8(11-10-2)6-7-9-4-3-5-9/h9H,2-5H2,1H3/b11-8+. The van der Waals surface area contributed by atoms with Gasteiger partial charge in [0.25, 0.3) is 0 Å². The summed E-state index contributed by atoms with van der Waals surface area (Å²) in [5.74, 6) is 6.70. The predicted octanol–water partition coefficient (Wildman–Crippen LogP) is 1.87. The number of rotatable bonds is 1. The van der Waals surface area contributed by atoms with Gasteiger partial charge < -0.3 is 0 Å². The molecule has 1 rings (SSSR count). The van der Waals surface area contributed by atoms with Gasteiger partial charge in [0.1, 0.15) is 5.71 Å². The molecule has 0 heterocycles. The van der Waals surface area contributed by atoms with E-state index in [9.17, 15) is 0 Å². The summed E-state index contributed by atoms with van der Waals surface area (Å²) in [5.41, 5.74) is 0.756. The fourth-order valence-electron chi connectivity index (χ4n) is 0.890. The molecule has 0 aliphatic heterocycles.